The van der Waals surface area contributed by atoms with E-state index in [2.05, 4.69) is 10.3 Å². The number of nitrogens with one attached hydrogen (secondary N) is 1. The fourth-order valence-corrected chi connectivity index (χ4v) is 4.61. The highest BCUT2D eigenvalue weighted by molar-refractivity contribution is 7.22. The molecule has 5 rings (SSSR count). The van der Waals surface area contributed by atoms with Crippen LogP contribution in [-0.4, -0.2) is 22.3 Å². The van der Waals surface area contributed by atoms with Crippen molar-refractivity contribution >= 4 is 33.1 Å². The van der Waals surface area contributed by atoms with Gasteiger partial charge in [0, 0.05) is 16.6 Å². The van der Waals surface area contributed by atoms with E-state index in [0.29, 0.717) is 27.4 Å². The number of carbonyl (C=O) groups is 1. The SMILES string of the molecule is Cc1c(-c2ccccc2)sc2ncn(CC(=O)Nc3ccc4c(c3)OCO4)c(=O)c12. The molecule has 1 aliphatic rings. The molecule has 7 nitrogen and oxygen atoms in total. The van der Waals surface area contributed by atoms with Crippen LogP contribution in [0.1, 0.15) is 5.56 Å². The zero-order valence-corrected chi connectivity index (χ0v) is 16.9. The van der Waals surface area contributed by atoms with Crippen LogP contribution in [0.4, 0.5) is 5.69 Å². The van der Waals surface area contributed by atoms with Gasteiger partial charge in [0.25, 0.3) is 5.56 Å². The van der Waals surface area contributed by atoms with Gasteiger partial charge in [-0.3, -0.25) is 14.2 Å². The van der Waals surface area contributed by atoms with Crippen molar-refractivity contribution in [2.75, 3.05) is 12.1 Å². The molecule has 0 saturated heterocycles. The zero-order chi connectivity index (χ0) is 20.7. The van der Waals surface area contributed by atoms with Gasteiger partial charge in [0.05, 0.1) is 11.7 Å². The van der Waals surface area contributed by atoms with E-state index >= 15 is 0 Å². The molecule has 0 fully saturated rings. The lowest BCUT2D eigenvalue weighted by molar-refractivity contribution is -0.116. The van der Waals surface area contributed by atoms with E-state index in [1.165, 1.54) is 22.2 Å². The van der Waals surface area contributed by atoms with Crippen LogP contribution < -0.4 is 20.3 Å². The molecule has 3 heterocycles. The summed E-state index contributed by atoms with van der Waals surface area (Å²) < 4.78 is 11.9. The molecule has 0 unspecified atom stereocenters. The third kappa shape index (κ3) is 3.21. The van der Waals surface area contributed by atoms with Gasteiger partial charge in [-0.05, 0) is 30.2 Å². The Morgan fingerprint density at radius 1 is 1.17 bits per heavy atom. The lowest BCUT2D eigenvalue weighted by Crippen LogP contribution is -2.27. The van der Waals surface area contributed by atoms with Crippen molar-refractivity contribution in [3.63, 3.8) is 0 Å². The standard InChI is InChI=1S/C22H17N3O4S/c1-13-19-21(30-20(13)14-5-3-2-4-6-14)23-11-25(22(19)27)10-18(26)24-15-7-8-16-17(9-15)29-12-28-16/h2-9,11H,10,12H2,1H3,(H,24,26). The van der Waals surface area contributed by atoms with E-state index in [4.69, 9.17) is 9.47 Å². The Bertz CT molecular complexity index is 1330. The number of ether oxygens (including phenoxy) is 2. The summed E-state index contributed by atoms with van der Waals surface area (Å²) in [5.41, 5.74) is 2.27. The van der Waals surface area contributed by atoms with Gasteiger partial charge in [0.15, 0.2) is 11.5 Å². The first-order valence-corrected chi connectivity index (χ1v) is 10.2. The topological polar surface area (TPSA) is 82.5 Å². The third-order valence-corrected chi connectivity index (χ3v) is 6.17. The van der Waals surface area contributed by atoms with Gasteiger partial charge in [-0.1, -0.05) is 30.3 Å². The molecule has 0 bridgehead atoms. The zero-order valence-electron chi connectivity index (χ0n) is 16.0. The van der Waals surface area contributed by atoms with Crippen LogP contribution in [0, 0.1) is 6.92 Å². The number of nitrogens with zero attached hydrogens (tertiary/aromatic N) is 2. The molecule has 1 N–H and O–H groups in total. The molecule has 1 aliphatic heterocycles. The number of fused-ring (bicyclic) bond motifs is 2. The largest absolute Gasteiger partial charge is 0.454 e. The van der Waals surface area contributed by atoms with Crippen molar-refractivity contribution in [1.29, 1.82) is 0 Å². The molecule has 0 spiro atoms. The van der Waals surface area contributed by atoms with Crippen molar-refractivity contribution in [3.05, 3.63) is 70.8 Å². The van der Waals surface area contributed by atoms with Gasteiger partial charge in [0.1, 0.15) is 11.4 Å². The van der Waals surface area contributed by atoms with E-state index < -0.39 is 0 Å². The highest BCUT2D eigenvalue weighted by Gasteiger charge is 2.18. The number of aryl methyl sites for hydroxylation is 1. The molecule has 2 aromatic heterocycles. The molecule has 4 aromatic rings. The normalized spacial score (nSPS) is 12.3. The molecule has 0 saturated carbocycles. The molecule has 1 amide bonds. The highest BCUT2D eigenvalue weighted by atomic mass is 32.1. The van der Waals surface area contributed by atoms with Crippen molar-refractivity contribution in [2.45, 2.75) is 13.5 Å². The number of hydrogen-bond acceptors (Lipinski definition) is 6. The molecule has 150 valence electrons. The number of anilines is 1. The lowest BCUT2D eigenvalue weighted by atomic mass is 10.1. The van der Waals surface area contributed by atoms with Gasteiger partial charge in [-0.15, -0.1) is 11.3 Å². The van der Waals surface area contributed by atoms with E-state index in [9.17, 15) is 9.59 Å². The van der Waals surface area contributed by atoms with Gasteiger partial charge in [-0.2, -0.15) is 0 Å². The number of amides is 1. The number of rotatable bonds is 4. The predicted octanol–water partition coefficient (Wildman–Crippen LogP) is 3.80. The molecule has 30 heavy (non-hydrogen) atoms. The summed E-state index contributed by atoms with van der Waals surface area (Å²) in [6.45, 7) is 1.95. The second-order valence-electron chi connectivity index (χ2n) is 6.90. The Balaban J connectivity index is 1.42. The number of hydrogen-bond donors (Lipinski definition) is 1. The van der Waals surface area contributed by atoms with E-state index in [-0.39, 0.29) is 24.8 Å². The maximum atomic E-state index is 13.0. The van der Waals surface area contributed by atoms with Crippen LogP contribution in [0.25, 0.3) is 20.7 Å². The average Bonchev–Trinajstić information content (AvgIpc) is 3.35. The maximum absolute atomic E-state index is 13.0. The molecule has 2 aromatic carbocycles. The van der Waals surface area contributed by atoms with Crippen molar-refractivity contribution in [3.8, 4) is 21.9 Å². The van der Waals surface area contributed by atoms with E-state index in [1.807, 2.05) is 37.3 Å². The van der Waals surface area contributed by atoms with Crippen LogP contribution >= 0.6 is 11.3 Å². The van der Waals surface area contributed by atoms with Gasteiger partial charge in [-0.25, -0.2) is 4.98 Å². The Kier molecular flexibility index (Phi) is 4.48. The maximum Gasteiger partial charge on any atom is 0.262 e. The first-order valence-electron chi connectivity index (χ1n) is 9.33. The van der Waals surface area contributed by atoms with Crippen LogP contribution in [0.15, 0.2) is 59.7 Å². The minimum Gasteiger partial charge on any atom is -0.454 e. The van der Waals surface area contributed by atoms with Crippen LogP contribution in [-0.2, 0) is 11.3 Å². The molecular weight excluding hydrogens is 402 g/mol. The van der Waals surface area contributed by atoms with Gasteiger partial charge >= 0.3 is 0 Å². The summed E-state index contributed by atoms with van der Waals surface area (Å²) in [4.78, 5) is 31.7. The molecular formula is C22H17N3O4S. The first-order chi connectivity index (χ1) is 14.6. The summed E-state index contributed by atoms with van der Waals surface area (Å²) in [6, 6.07) is 15.1. The Hall–Kier alpha value is -3.65. The number of thiophene rings is 1. The predicted molar refractivity (Wildman–Crippen MR) is 115 cm³/mol. The number of aromatic nitrogens is 2. The van der Waals surface area contributed by atoms with Gasteiger partial charge < -0.3 is 14.8 Å². The number of benzene rings is 2. The second kappa shape index (κ2) is 7.31. The summed E-state index contributed by atoms with van der Waals surface area (Å²) in [5, 5.41) is 3.33. The van der Waals surface area contributed by atoms with Crippen LogP contribution in [0.5, 0.6) is 11.5 Å². The Morgan fingerprint density at radius 3 is 2.80 bits per heavy atom. The molecule has 0 aliphatic carbocycles. The Labute approximate surface area is 175 Å². The summed E-state index contributed by atoms with van der Waals surface area (Å²) in [5.74, 6) is 0.893. The van der Waals surface area contributed by atoms with E-state index in [1.54, 1.807) is 18.2 Å². The van der Waals surface area contributed by atoms with Gasteiger partial charge in [0.2, 0.25) is 12.7 Å². The van der Waals surface area contributed by atoms with E-state index in [0.717, 1.165) is 16.0 Å². The fourth-order valence-electron chi connectivity index (χ4n) is 3.47. The third-order valence-electron chi connectivity index (χ3n) is 4.92. The summed E-state index contributed by atoms with van der Waals surface area (Å²) >= 11 is 1.48. The van der Waals surface area contributed by atoms with Crippen molar-refractivity contribution in [2.24, 2.45) is 0 Å². The second-order valence-corrected chi connectivity index (χ2v) is 7.90. The highest BCUT2D eigenvalue weighted by Crippen LogP contribution is 2.36. The van der Waals surface area contributed by atoms with Crippen molar-refractivity contribution in [1.82, 2.24) is 9.55 Å². The first kappa shape index (κ1) is 18.4. The monoisotopic (exact) mass is 419 g/mol. The molecule has 0 radical (unpaired) electrons. The van der Waals surface area contributed by atoms with Crippen LogP contribution in [0.3, 0.4) is 0 Å². The molecule has 8 heteroatoms. The quantitative estimate of drug-likeness (QED) is 0.544. The molecule has 0 atom stereocenters. The summed E-state index contributed by atoms with van der Waals surface area (Å²) in [7, 11) is 0. The van der Waals surface area contributed by atoms with Crippen molar-refractivity contribution < 1.29 is 14.3 Å². The number of carbonyl (C=O) groups excluding carboxylic acids is 1. The van der Waals surface area contributed by atoms with Crippen LogP contribution in [0.2, 0.25) is 0 Å². The minimum atomic E-state index is -0.326. The minimum absolute atomic E-state index is 0.133. The summed E-state index contributed by atoms with van der Waals surface area (Å²) in [6.07, 6.45) is 1.43. The Morgan fingerprint density at radius 2 is 1.97 bits per heavy atom. The fraction of sp³-hybridized carbons (Fsp3) is 0.136. The smallest absolute Gasteiger partial charge is 0.262 e. The lowest BCUT2D eigenvalue weighted by Gasteiger charge is -2.08. The average molecular weight is 419 g/mol.